The molecule has 0 heterocycles. The Morgan fingerprint density at radius 3 is 2.52 bits per heavy atom. The van der Waals surface area contributed by atoms with E-state index < -0.39 is 5.97 Å². The highest BCUT2D eigenvalue weighted by Crippen LogP contribution is 2.25. The highest BCUT2D eigenvalue weighted by atomic mass is 16.5. The number of aliphatic carboxylic acids is 1. The summed E-state index contributed by atoms with van der Waals surface area (Å²) in [7, 11) is 1.41. The van der Waals surface area contributed by atoms with Gasteiger partial charge in [-0.3, -0.25) is 4.79 Å². The number of hydrogen-bond donors (Lipinski definition) is 1. The largest absolute Gasteiger partial charge is 0.503 e. The first kappa shape index (κ1) is 18.3. The van der Waals surface area contributed by atoms with Crippen molar-refractivity contribution < 1.29 is 24.2 Å². The van der Waals surface area contributed by atoms with Crippen LogP contribution in [0.3, 0.4) is 0 Å². The summed E-state index contributed by atoms with van der Waals surface area (Å²) in [6, 6.07) is 10.7. The van der Waals surface area contributed by atoms with Crippen LogP contribution in [-0.2, 0) is 16.1 Å². The molecule has 0 saturated heterocycles. The highest BCUT2D eigenvalue weighted by molar-refractivity contribution is 6.15. The van der Waals surface area contributed by atoms with E-state index in [0.717, 1.165) is 23.0 Å². The van der Waals surface area contributed by atoms with Crippen molar-refractivity contribution in [3.05, 3.63) is 70.5 Å². The van der Waals surface area contributed by atoms with Gasteiger partial charge in [0.15, 0.2) is 0 Å². The second-order valence-electron chi connectivity index (χ2n) is 5.61. The van der Waals surface area contributed by atoms with Crippen LogP contribution in [0.2, 0.25) is 0 Å². The lowest BCUT2D eigenvalue weighted by molar-refractivity contribution is -0.130. The fourth-order valence-electron chi connectivity index (χ4n) is 2.51. The lowest BCUT2D eigenvalue weighted by Crippen LogP contribution is -2.06. The molecule has 25 heavy (non-hydrogen) atoms. The van der Waals surface area contributed by atoms with E-state index in [1.54, 1.807) is 18.2 Å². The Morgan fingerprint density at radius 1 is 1.16 bits per heavy atom. The second kappa shape index (κ2) is 8.15. The number of ether oxygens (including phenoxy) is 2. The summed E-state index contributed by atoms with van der Waals surface area (Å²) in [5.74, 6) is -0.415. The number of methoxy groups -OCH3 is 1. The summed E-state index contributed by atoms with van der Waals surface area (Å²) in [5, 5.41) is 9.38. The van der Waals surface area contributed by atoms with Crippen molar-refractivity contribution in [2.24, 2.45) is 0 Å². The molecule has 5 heteroatoms. The number of rotatable bonds is 7. The van der Waals surface area contributed by atoms with Crippen LogP contribution in [0.4, 0.5) is 0 Å². The van der Waals surface area contributed by atoms with Crippen LogP contribution < -0.4 is 4.74 Å². The molecule has 2 rings (SSSR count). The van der Waals surface area contributed by atoms with E-state index in [2.05, 4.69) is 0 Å². The fraction of sp³-hybridized carbons (Fsp3) is 0.200. The Bertz CT molecular complexity index is 821. The minimum Gasteiger partial charge on any atom is -0.503 e. The van der Waals surface area contributed by atoms with Crippen LogP contribution in [0.15, 0.2) is 42.7 Å². The molecule has 0 aliphatic rings. The maximum absolute atomic E-state index is 11.5. The van der Waals surface area contributed by atoms with E-state index in [4.69, 9.17) is 9.47 Å². The summed E-state index contributed by atoms with van der Waals surface area (Å²) < 4.78 is 10.8. The lowest BCUT2D eigenvalue weighted by atomic mass is 10.0. The van der Waals surface area contributed by atoms with E-state index in [9.17, 15) is 14.7 Å². The molecule has 5 nitrogen and oxygen atoms in total. The Hall–Kier alpha value is -3.08. The van der Waals surface area contributed by atoms with Gasteiger partial charge in [0, 0.05) is 5.56 Å². The molecular formula is C20H20O5. The number of aldehydes is 1. The molecule has 2 aromatic carbocycles. The van der Waals surface area contributed by atoms with Crippen LogP contribution in [0.1, 0.15) is 32.6 Å². The smallest absolute Gasteiger partial charge is 0.339 e. The molecule has 0 spiro atoms. The van der Waals surface area contributed by atoms with Crippen molar-refractivity contribution in [1.29, 1.82) is 0 Å². The summed E-state index contributed by atoms with van der Waals surface area (Å²) in [5.41, 5.74) is 3.62. The van der Waals surface area contributed by atoms with Crippen molar-refractivity contribution >= 4 is 17.8 Å². The quantitative estimate of drug-likeness (QED) is 0.472. The molecule has 0 fully saturated rings. The average Bonchev–Trinajstić information content (AvgIpc) is 2.60. The lowest BCUT2D eigenvalue weighted by Gasteiger charge is -2.14. The van der Waals surface area contributed by atoms with E-state index >= 15 is 0 Å². The molecule has 0 radical (unpaired) electrons. The third-order valence-electron chi connectivity index (χ3n) is 3.85. The van der Waals surface area contributed by atoms with E-state index in [-0.39, 0.29) is 12.2 Å². The molecule has 0 amide bonds. The molecule has 0 bridgehead atoms. The third-order valence-corrected chi connectivity index (χ3v) is 3.85. The zero-order valence-corrected chi connectivity index (χ0v) is 14.4. The van der Waals surface area contributed by atoms with Crippen molar-refractivity contribution in [1.82, 2.24) is 0 Å². The zero-order valence-electron chi connectivity index (χ0n) is 14.4. The standard InChI is InChI=1S/C20H20O5/c1-13-9-19(14(2)8-16(13)10-21)25-11-15-6-4-5-7-17(15)18(12-24-3)20(22)23/h4-10,12H,11H2,1-3H3,(H,22,23)/b18-12+. The first-order valence-electron chi connectivity index (χ1n) is 7.71. The third kappa shape index (κ3) is 4.26. The summed E-state index contributed by atoms with van der Waals surface area (Å²) in [6.07, 6.45) is 2.02. The zero-order chi connectivity index (χ0) is 18.4. The number of carboxylic acid groups (broad SMARTS) is 1. The normalized spacial score (nSPS) is 11.1. The number of aryl methyl sites for hydroxylation is 2. The highest BCUT2D eigenvalue weighted by Gasteiger charge is 2.15. The van der Waals surface area contributed by atoms with Gasteiger partial charge in [-0.05, 0) is 48.2 Å². The molecular weight excluding hydrogens is 320 g/mol. The van der Waals surface area contributed by atoms with Gasteiger partial charge in [-0.2, -0.15) is 0 Å². The fourth-order valence-corrected chi connectivity index (χ4v) is 2.51. The van der Waals surface area contributed by atoms with Gasteiger partial charge < -0.3 is 14.6 Å². The van der Waals surface area contributed by atoms with Gasteiger partial charge in [0.1, 0.15) is 24.2 Å². The number of benzene rings is 2. The molecule has 0 atom stereocenters. The van der Waals surface area contributed by atoms with Gasteiger partial charge >= 0.3 is 5.97 Å². The molecule has 0 saturated carbocycles. The molecule has 0 aliphatic heterocycles. The first-order chi connectivity index (χ1) is 12.0. The molecule has 130 valence electrons. The number of carbonyl (C=O) groups excluding carboxylic acids is 1. The van der Waals surface area contributed by atoms with Gasteiger partial charge in [-0.15, -0.1) is 0 Å². The Labute approximate surface area is 146 Å². The van der Waals surface area contributed by atoms with Gasteiger partial charge in [0.25, 0.3) is 0 Å². The minimum atomic E-state index is -1.07. The van der Waals surface area contributed by atoms with Crippen molar-refractivity contribution in [3.63, 3.8) is 0 Å². The van der Waals surface area contributed by atoms with E-state index in [1.807, 2.05) is 32.0 Å². The minimum absolute atomic E-state index is 0.0610. The molecule has 2 aromatic rings. The van der Waals surface area contributed by atoms with Gasteiger partial charge in [-0.1, -0.05) is 24.3 Å². The number of carbonyl (C=O) groups is 2. The van der Waals surface area contributed by atoms with Crippen molar-refractivity contribution in [2.45, 2.75) is 20.5 Å². The summed E-state index contributed by atoms with van der Waals surface area (Å²) in [4.78, 5) is 22.5. The molecule has 0 aliphatic carbocycles. The monoisotopic (exact) mass is 340 g/mol. The Kier molecular flexibility index (Phi) is 5.95. The van der Waals surface area contributed by atoms with Crippen molar-refractivity contribution in [2.75, 3.05) is 7.11 Å². The molecule has 0 unspecified atom stereocenters. The maximum atomic E-state index is 11.5. The summed E-state index contributed by atoms with van der Waals surface area (Å²) in [6.45, 7) is 3.90. The molecule has 0 aromatic heterocycles. The first-order valence-corrected chi connectivity index (χ1v) is 7.71. The van der Waals surface area contributed by atoms with E-state index in [1.165, 1.54) is 13.4 Å². The van der Waals surface area contributed by atoms with Crippen LogP contribution in [-0.4, -0.2) is 24.5 Å². The van der Waals surface area contributed by atoms with Gasteiger partial charge in [0.05, 0.1) is 13.4 Å². The average molecular weight is 340 g/mol. The Morgan fingerprint density at radius 2 is 1.88 bits per heavy atom. The van der Waals surface area contributed by atoms with E-state index in [0.29, 0.717) is 16.9 Å². The molecule has 1 N–H and O–H groups in total. The maximum Gasteiger partial charge on any atom is 0.339 e. The SMILES string of the molecule is CO/C=C(/C(=O)O)c1ccccc1COc1cc(C)c(C=O)cc1C. The van der Waals surface area contributed by atoms with Crippen LogP contribution in [0.25, 0.3) is 5.57 Å². The van der Waals surface area contributed by atoms with Crippen LogP contribution in [0.5, 0.6) is 5.75 Å². The second-order valence-corrected chi connectivity index (χ2v) is 5.61. The van der Waals surface area contributed by atoms with Gasteiger partial charge in [0.2, 0.25) is 0 Å². The van der Waals surface area contributed by atoms with Crippen LogP contribution >= 0.6 is 0 Å². The number of carboxylic acids is 1. The van der Waals surface area contributed by atoms with Crippen molar-refractivity contribution in [3.8, 4) is 5.75 Å². The van der Waals surface area contributed by atoms with Gasteiger partial charge in [-0.25, -0.2) is 4.79 Å². The summed E-state index contributed by atoms with van der Waals surface area (Å²) >= 11 is 0. The predicted octanol–water partition coefficient (Wildman–Crippen LogP) is 3.77. The Balaban J connectivity index is 2.31. The van der Waals surface area contributed by atoms with Crippen LogP contribution in [0, 0.1) is 13.8 Å². The number of hydrogen-bond acceptors (Lipinski definition) is 4. The predicted molar refractivity (Wildman–Crippen MR) is 94.7 cm³/mol. The topological polar surface area (TPSA) is 72.8 Å².